The summed E-state index contributed by atoms with van der Waals surface area (Å²) in [4.78, 5) is 34.5. The number of hydrogen-bond donors (Lipinski definition) is 2. The van der Waals surface area contributed by atoms with E-state index in [4.69, 9.17) is 5.10 Å². The zero-order chi connectivity index (χ0) is 25.2. The fourth-order valence-electron chi connectivity index (χ4n) is 5.61. The van der Waals surface area contributed by atoms with Gasteiger partial charge in [-0.3, -0.25) is 14.6 Å². The van der Waals surface area contributed by atoms with Gasteiger partial charge in [0.15, 0.2) is 5.82 Å². The molecule has 4 aromatic rings. The van der Waals surface area contributed by atoms with Crippen molar-refractivity contribution in [2.75, 3.05) is 5.32 Å². The van der Waals surface area contributed by atoms with Gasteiger partial charge in [-0.05, 0) is 56.4 Å². The van der Waals surface area contributed by atoms with Gasteiger partial charge in [-0.2, -0.15) is 5.10 Å². The minimum absolute atomic E-state index is 0.262. The number of para-hydroxylation sites is 1. The van der Waals surface area contributed by atoms with Gasteiger partial charge < -0.3 is 10.6 Å². The second-order valence-corrected chi connectivity index (χ2v) is 10.1. The Morgan fingerprint density at radius 2 is 1.76 bits per heavy atom. The van der Waals surface area contributed by atoms with Crippen LogP contribution in [-0.4, -0.2) is 37.1 Å². The summed E-state index contributed by atoms with van der Waals surface area (Å²) in [6.07, 6.45) is 12.6. The molecule has 2 aromatic carbocycles. The summed E-state index contributed by atoms with van der Waals surface area (Å²) in [5, 5.41) is 11.9. The predicted octanol–water partition coefficient (Wildman–Crippen LogP) is 5.15. The highest BCUT2D eigenvalue weighted by Gasteiger charge is 2.45. The Bertz CT molecular complexity index is 1420. The molecule has 0 bridgehead atoms. The SMILES string of the molecule is O=C(NC1(C(=O)Nc2cnccn2)CCC1)c1ccc2c(C3CCCCC3)n(-c3ccccc3)nc2c1. The first kappa shape index (κ1) is 23.3. The van der Waals surface area contributed by atoms with Crippen LogP contribution in [-0.2, 0) is 4.79 Å². The van der Waals surface area contributed by atoms with E-state index in [9.17, 15) is 9.59 Å². The summed E-state index contributed by atoms with van der Waals surface area (Å²) in [7, 11) is 0. The number of amides is 2. The monoisotopic (exact) mass is 494 g/mol. The zero-order valence-corrected chi connectivity index (χ0v) is 20.7. The van der Waals surface area contributed by atoms with Gasteiger partial charge in [0.05, 0.1) is 23.1 Å². The quantitative estimate of drug-likeness (QED) is 0.386. The molecule has 2 N–H and O–H groups in total. The van der Waals surface area contributed by atoms with Gasteiger partial charge in [0.25, 0.3) is 11.8 Å². The van der Waals surface area contributed by atoms with Gasteiger partial charge >= 0.3 is 0 Å². The van der Waals surface area contributed by atoms with E-state index in [0.717, 1.165) is 35.9 Å². The number of carbonyl (C=O) groups excluding carboxylic acids is 2. The first-order valence-corrected chi connectivity index (χ1v) is 13.1. The van der Waals surface area contributed by atoms with Crippen molar-refractivity contribution >= 4 is 28.5 Å². The van der Waals surface area contributed by atoms with Crippen LogP contribution in [0.25, 0.3) is 16.6 Å². The summed E-state index contributed by atoms with van der Waals surface area (Å²) in [5.41, 5.74) is 2.61. The molecule has 0 spiro atoms. The van der Waals surface area contributed by atoms with Crippen molar-refractivity contribution in [3.05, 3.63) is 78.4 Å². The standard InChI is InChI=1S/C29H30N6O2/c36-27(33-29(14-7-15-29)28(37)32-25-19-30-16-17-31-25)21-12-13-23-24(18-21)34-35(22-10-5-2-6-11-22)26(23)20-8-3-1-4-9-20/h2,5-6,10-13,16-20H,1,3-4,7-9,14-15H2,(H,33,36)(H,31,32,37). The van der Waals surface area contributed by atoms with Crippen LogP contribution in [0.15, 0.2) is 67.1 Å². The van der Waals surface area contributed by atoms with Crippen LogP contribution in [0.5, 0.6) is 0 Å². The maximum Gasteiger partial charge on any atom is 0.252 e. The molecule has 0 radical (unpaired) electrons. The molecular weight excluding hydrogens is 464 g/mol. The molecule has 0 saturated heterocycles. The Morgan fingerprint density at radius 3 is 2.46 bits per heavy atom. The van der Waals surface area contributed by atoms with Gasteiger partial charge in [-0.25, -0.2) is 9.67 Å². The van der Waals surface area contributed by atoms with Gasteiger partial charge in [0, 0.05) is 29.3 Å². The van der Waals surface area contributed by atoms with Crippen molar-refractivity contribution in [3.63, 3.8) is 0 Å². The lowest BCUT2D eigenvalue weighted by Crippen LogP contribution is -2.61. The highest BCUT2D eigenvalue weighted by atomic mass is 16.2. The molecule has 8 heteroatoms. The van der Waals surface area contributed by atoms with Gasteiger partial charge in [0.1, 0.15) is 5.54 Å². The van der Waals surface area contributed by atoms with Crippen molar-refractivity contribution in [2.45, 2.75) is 62.8 Å². The van der Waals surface area contributed by atoms with E-state index in [2.05, 4.69) is 37.4 Å². The summed E-state index contributed by atoms with van der Waals surface area (Å²) < 4.78 is 2.06. The third kappa shape index (κ3) is 4.48. The molecule has 188 valence electrons. The van der Waals surface area contributed by atoms with Crippen LogP contribution in [0.1, 0.15) is 73.3 Å². The van der Waals surface area contributed by atoms with Crippen molar-refractivity contribution < 1.29 is 9.59 Å². The third-order valence-corrected chi connectivity index (χ3v) is 7.76. The summed E-state index contributed by atoms with van der Waals surface area (Å²) >= 11 is 0. The molecule has 37 heavy (non-hydrogen) atoms. The number of anilines is 1. The lowest BCUT2D eigenvalue weighted by atomic mass is 9.75. The van der Waals surface area contributed by atoms with E-state index < -0.39 is 5.54 Å². The van der Waals surface area contributed by atoms with Crippen LogP contribution in [0.4, 0.5) is 5.82 Å². The molecule has 2 aromatic heterocycles. The molecule has 0 atom stereocenters. The number of fused-ring (bicyclic) bond motifs is 1. The molecule has 0 unspecified atom stereocenters. The van der Waals surface area contributed by atoms with Crippen LogP contribution >= 0.6 is 0 Å². The van der Waals surface area contributed by atoms with E-state index in [1.165, 1.54) is 37.4 Å². The van der Waals surface area contributed by atoms with E-state index >= 15 is 0 Å². The molecular formula is C29H30N6O2. The summed E-state index contributed by atoms with van der Waals surface area (Å²) in [6, 6.07) is 15.9. The van der Waals surface area contributed by atoms with E-state index in [1.807, 2.05) is 36.4 Å². The number of carbonyl (C=O) groups is 2. The topological polar surface area (TPSA) is 102 Å². The normalized spacial score (nSPS) is 17.2. The summed E-state index contributed by atoms with van der Waals surface area (Å²) in [6.45, 7) is 0. The average molecular weight is 495 g/mol. The molecule has 2 aliphatic carbocycles. The Morgan fingerprint density at radius 1 is 0.946 bits per heavy atom. The summed E-state index contributed by atoms with van der Waals surface area (Å²) in [5.74, 6) is 0.281. The minimum atomic E-state index is -0.944. The van der Waals surface area contributed by atoms with Crippen LogP contribution in [0.2, 0.25) is 0 Å². The fraction of sp³-hybridized carbons (Fsp3) is 0.345. The molecule has 2 heterocycles. The number of benzene rings is 2. The Labute approximate surface area is 215 Å². The number of aromatic nitrogens is 4. The zero-order valence-electron chi connectivity index (χ0n) is 20.7. The number of hydrogen-bond acceptors (Lipinski definition) is 5. The van der Waals surface area contributed by atoms with Crippen LogP contribution < -0.4 is 10.6 Å². The largest absolute Gasteiger partial charge is 0.338 e. The number of rotatable bonds is 6. The van der Waals surface area contributed by atoms with E-state index in [0.29, 0.717) is 30.1 Å². The molecule has 6 rings (SSSR count). The maximum absolute atomic E-state index is 13.4. The Balaban J connectivity index is 1.30. The molecule has 2 aliphatic rings. The van der Waals surface area contributed by atoms with E-state index in [1.54, 1.807) is 6.20 Å². The first-order valence-electron chi connectivity index (χ1n) is 13.1. The molecule has 2 amide bonds. The predicted molar refractivity (Wildman–Crippen MR) is 142 cm³/mol. The second-order valence-electron chi connectivity index (χ2n) is 10.1. The van der Waals surface area contributed by atoms with Gasteiger partial charge in [-0.15, -0.1) is 0 Å². The van der Waals surface area contributed by atoms with Crippen LogP contribution in [0.3, 0.4) is 0 Å². The fourth-order valence-corrected chi connectivity index (χ4v) is 5.61. The number of nitrogens with zero attached hydrogens (tertiary/aromatic N) is 4. The van der Waals surface area contributed by atoms with Gasteiger partial charge in [-0.1, -0.05) is 43.5 Å². The van der Waals surface area contributed by atoms with Crippen molar-refractivity contribution in [1.82, 2.24) is 25.1 Å². The van der Waals surface area contributed by atoms with E-state index in [-0.39, 0.29) is 11.8 Å². The first-order chi connectivity index (χ1) is 18.1. The highest BCUT2D eigenvalue weighted by Crippen LogP contribution is 2.38. The molecule has 8 nitrogen and oxygen atoms in total. The molecule has 0 aliphatic heterocycles. The average Bonchev–Trinajstić information content (AvgIpc) is 3.31. The number of nitrogens with one attached hydrogen (secondary N) is 2. The lowest BCUT2D eigenvalue weighted by molar-refractivity contribution is -0.125. The van der Waals surface area contributed by atoms with Crippen molar-refractivity contribution in [3.8, 4) is 5.69 Å². The second kappa shape index (κ2) is 9.76. The maximum atomic E-state index is 13.4. The Kier molecular flexibility index (Phi) is 6.16. The van der Waals surface area contributed by atoms with Crippen molar-refractivity contribution in [2.24, 2.45) is 0 Å². The minimum Gasteiger partial charge on any atom is -0.338 e. The smallest absolute Gasteiger partial charge is 0.252 e. The lowest BCUT2D eigenvalue weighted by Gasteiger charge is -2.40. The van der Waals surface area contributed by atoms with Crippen LogP contribution in [0, 0.1) is 0 Å². The molecule has 2 saturated carbocycles. The van der Waals surface area contributed by atoms with Crippen molar-refractivity contribution in [1.29, 1.82) is 0 Å². The van der Waals surface area contributed by atoms with Gasteiger partial charge in [0.2, 0.25) is 0 Å². The Hall–Kier alpha value is -4.07. The highest BCUT2D eigenvalue weighted by molar-refractivity contribution is 6.05. The third-order valence-electron chi connectivity index (χ3n) is 7.76. The molecule has 2 fully saturated rings.